The van der Waals surface area contributed by atoms with Crippen LogP contribution in [0.4, 0.5) is 5.82 Å². The molecule has 0 bridgehead atoms. The van der Waals surface area contributed by atoms with E-state index in [1.807, 2.05) is 0 Å². The molecule has 2 rings (SSSR count). The van der Waals surface area contributed by atoms with E-state index in [2.05, 4.69) is 19.9 Å². The van der Waals surface area contributed by atoms with E-state index in [-0.39, 0.29) is 11.4 Å². The number of primary amides is 1. The summed E-state index contributed by atoms with van der Waals surface area (Å²) >= 11 is 0. The topological polar surface area (TPSA) is 124 Å². The molecule has 0 radical (unpaired) electrons. The Morgan fingerprint density at radius 3 is 2.73 bits per heavy atom. The fraction of sp³-hybridized carbons (Fsp3) is 0. The van der Waals surface area contributed by atoms with Gasteiger partial charge in [-0.1, -0.05) is 0 Å². The number of amides is 1. The largest absolute Gasteiger partial charge is 0.383 e. The van der Waals surface area contributed by atoms with Crippen molar-refractivity contribution in [1.82, 2.24) is 19.9 Å². The summed E-state index contributed by atoms with van der Waals surface area (Å²) in [6.07, 6.45) is 4.48. The third-order valence-electron chi connectivity index (χ3n) is 1.79. The summed E-state index contributed by atoms with van der Waals surface area (Å²) in [6, 6.07) is 0. The zero-order chi connectivity index (χ0) is 10.8. The van der Waals surface area contributed by atoms with Gasteiger partial charge in [0, 0.05) is 18.6 Å². The van der Waals surface area contributed by atoms with Crippen molar-refractivity contribution in [1.29, 1.82) is 0 Å². The maximum atomic E-state index is 10.9. The summed E-state index contributed by atoms with van der Waals surface area (Å²) in [5.74, 6) is 0.197. The minimum atomic E-state index is -0.654. The zero-order valence-corrected chi connectivity index (χ0v) is 7.64. The van der Waals surface area contributed by atoms with Gasteiger partial charge in [0.2, 0.25) is 0 Å². The molecule has 7 nitrogen and oxygen atoms in total. The van der Waals surface area contributed by atoms with Crippen LogP contribution in [0.5, 0.6) is 0 Å². The lowest BCUT2D eigenvalue weighted by Gasteiger charge is -2.01. The second-order valence-electron chi connectivity index (χ2n) is 2.79. The van der Waals surface area contributed by atoms with Crippen LogP contribution < -0.4 is 11.5 Å². The van der Waals surface area contributed by atoms with E-state index >= 15 is 0 Å². The first-order chi connectivity index (χ1) is 7.18. The molecule has 0 saturated heterocycles. The van der Waals surface area contributed by atoms with E-state index in [9.17, 15) is 4.79 Å². The van der Waals surface area contributed by atoms with Crippen LogP contribution in [0.3, 0.4) is 0 Å². The number of H-pyrrole nitrogens is 1. The first-order valence-electron chi connectivity index (χ1n) is 4.10. The van der Waals surface area contributed by atoms with Crippen molar-refractivity contribution >= 4 is 11.7 Å². The molecule has 0 aliphatic carbocycles. The van der Waals surface area contributed by atoms with Crippen molar-refractivity contribution in [2.45, 2.75) is 0 Å². The Kier molecular flexibility index (Phi) is 2.05. The Balaban J connectivity index is 2.47. The van der Waals surface area contributed by atoms with Crippen molar-refractivity contribution < 1.29 is 4.79 Å². The fourth-order valence-electron chi connectivity index (χ4n) is 1.09. The van der Waals surface area contributed by atoms with Gasteiger partial charge in [0.05, 0.1) is 5.56 Å². The van der Waals surface area contributed by atoms with Crippen molar-refractivity contribution in [2.75, 3.05) is 5.73 Å². The minimum Gasteiger partial charge on any atom is -0.383 e. The number of aromatic amines is 1. The van der Waals surface area contributed by atoms with Gasteiger partial charge in [-0.15, -0.1) is 0 Å². The van der Waals surface area contributed by atoms with E-state index in [4.69, 9.17) is 11.5 Å². The maximum absolute atomic E-state index is 10.9. The van der Waals surface area contributed by atoms with E-state index in [0.717, 1.165) is 0 Å². The van der Waals surface area contributed by atoms with Crippen LogP contribution in [0.2, 0.25) is 0 Å². The number of aromatic nitrogens is 4. The number of nitrogens with two attached hydrogens (primary N) is 2. The quantitative estimate of drug-likeness (QED) is 0.611. The molecule has 0 saturated carbocycles. The van der Waals surface area contributed by atoms with E-state index in [1.165, 1.54) is 6.20 Å². The smallest absolute Gasteiger partial charge is 0.254 e. The Morgan fingerprint density at radius 1 is 1.40 bits per heavy atom. The third-order valence-corrected chi connectivity index (χ3v) is 1.79. The highest BCUT2D eigenvalue weighted by molar-refractivity contribution is 5.96. The molecule has 0 atom stereocenters. The lowest BCUT2D eigenvalue weighted by Crippen LogP contribution is -2.15. The predicted molar refractivity (Wildman–Crippen MR) is 52.5 cm³/mol. The number of rotatable bonds is 2. The van der Waals surface area contributed by atoms with Gasteiger partial charge in [0.1, 0.15) is 5.82 Å². The molecule has 0 spiro atoms. The van der Waals surface area contributed by atoms with Gasteiger partial charge in [-0.05, 0) is 0 Å². The van der Waals surface area contributed by atoms with Crippen LogP contribution in [0.25, 0.3) is 11.6 Å². The van der Waals surface area contributed by atoms with Gasteiger partial charge >= 0.3 is 0 Å². The molecule has 5 N–H and O–H groups in total. The van der Waals surface area contributed by atoms with Crippen LogP contribution in [0.15, 0.2) is 18.6 Å². The number of nitrogen functional groups attached to an aromatic ring is 1. The molecule has 2 aromatic rings. The summed E-state index contributed by atoms with van der Waals surface area (Å²) < 4.78 is 0. The molecule has 76 valence electrons. The van der Waals surface area contributed by atoms with Gasteiger partial charge in [-0.25, -0.2) is 15.0 Å². The highest BCUT2D eigenvalue weighted by atomic mass is 16.1. The number of hydrogen-bond donors (Lipinski definition) is 3. The highest BCUT2D eigenvalue weighted by Gasteiger charge is 2.10. The molecule has 0 fully saturated rings. The molecule has 0 unspecified atom stereocenters. The molecule has 0 aliphatic rings. The minimum absolute atomic E-state index is 0.0453. The van der Waals surface area contributed by atoms with Gasteiger partial charge in [-0.3, -0.25) is 4.79 Å². The lowest BCUT2D eigenvalue weighted by atomic mass is 10.3. The molecule has 2 heterocycles. The van der Waals surface area contributed by atoms with Crippen molar-refractivity contribution in [2.24, 2.45) is 5.73 Å². The summed E-state index contributed by atoms with van der Waals surface area (Å²) in [5.41, 5.74) is 10.7. The van der Waals surface area contributed by atoms with Crippen molar-refractivity contribution in [3.05, 3.63) is 24.2 Å². The van der Waals surface area contributed by atoms with E-state index in [0.29, 0.717) is 11.6 Å². The third kappa shape index (κ3) is 1.62. The number of nitrogens with zero attached hydrogens (tertiary/aromatic N) is 3. The number of carbonyl (C=O) groups is 1. The molecule has 2 aromatic heterocycles. The van der Waals surface area contributed by atoms with Crippen LogP contribution >= 0.6 is 0 Å². The van der Waals surface area contributed by atoms with Crippen molar-refractivity contribution in [3.63, 3.8) is 0 Å². The van der Waals surface area contributed by atoms with Crippen LogP contribution in [-0.2, 0) is 0 Å². The first-order valence-corrected chi connectivity index (χ1v) is 4.10. The fourth-order valence-corrected chi connectivity index (χ4v) is 1.09. The second-order valence-corrected chi connectivity index (χ2v) is 2.79. The van der Waals surface area contributed by atoms with Gasteiger partial charge in [-0.2, -0.15) is 0 Å². The second kappa shape index (κ2) is 3.37. The highest BCUT2D eigenvalue weighted by Crippen LogP contribution is 2.12. The predicted octanol–water partition coefficient (Wildman–Crippen LogP) is -0.452. The molecular weight excluding hydrogens is 196 g/mol. The Bertz CT molecular complexity index is 492. The monoisotopic (exact) mass is 204 g/mol. The summed E-state index contributed by atoms with van der Waals surface area (Å²) in [7, 11) is 0. The maximum Gasteiger partial charge on any atom is 0.254 e. The average molecular weight is 204 g/mol. The van der Waals surface area contributed by atoms with Crippen LogP contribution in [0, 0.1) is 0 Å². The number of nitrogens with one attached hydrogen (secondary N) is 1. The van der Waals surface area contributed by atoms with E-state index in [1.54, 1.807) is 12.4 Å². The number of carbonyl (C=O) groups excluding carboxylic acids is 1. The Morgan fingerprint density at radius 2 is 2.20 bits per heavy atom. The molecule has 1 amide bonds. The van der Waals surface area contributed by atoms with Gasteiger partial charge in [0.15, 0.2) is 11.6 Å². The van der Waals surface area contributed by atoms with Gasteiger partial charge < -0.3 is 16.5 Å². The molecule has 0 aromatic carbocycles. The molecule has 7 heteroatoms. The van der Waals surface area contributed by atoms with Gasteiger partial charge in [0.25, 0.3) is 5.91 Å². The summed E-state index contributed by atoms with van der Waals surface area (Å²) in [5, 5.41) is 0. The first kappa shape index (κ1) is 9.13. The number of imidazole rings is 1. The molecule has 15 heavy (non-hydrogen) atoms. The number of hydrogen-bond acceptors (Lipinski definition) is 5. The SMILES string of the molecule is NC(=O)c1cnc(-c2ncc[nH]2)nc1N. The molecule has 0 aliphatic heterocycles. The van der Waals surface area contributed by atoms with Crippen LogP contribution in [-0.4, -0.2) is 25.8 Å². The number of anilines is 1. The Labute approximate surface area is 84.6 Å². The van der Waals surface area contributed by atoms with Crippen molar-refractivity contribution in [3.8, 4) is 11.6 Å². The normalized spacial score (nSPS) is 10.1. The van der Waals surface area contributed by atoms with E-state index < -0.39 is 5.91 Å². The lowest BCUT2D eigenvalue weighted by molar-refractivity contribution is 0.100. The average Bonchev–Trinajstić information content (AvgIpc) is 2.69. The standard InChI is InChI=1S/C8H8N6O/c9-5-4(6(10)15)3-13-8(14-5)7-11-1-2-12-7/h1-3H,(H2,10,15)(H,11,12)(H2,9,13,14). The Hall–Kier alpha value is -2.44. The summed E-state index contributed by atoms with van der Waals surface area (Å²) in [6.45, 7) is 0. The molecular formula is C8H8N6O. The summed E-state index contributed by atoms with van der Waals surface area (Å²) in [4.78, 5) is 25.5. The van der Waals surface area contributed by atoms with Crippen LogP contribution in [0.1, 0.15) is 10.4 Å². The zero-order valence-electron chi connectivity index (χ0n) is 7.64.